The van der Waals surface area contributed by atoms with Crippen LogP contribution in [0.2, 0.25) is 0 Å². The Hall–Kier alpha value is -1.00. The average molecular weight is 295 g/mol. The molecule has 1 aliphatic carbocycles. The predicted molar refractivity (Wildman–Crippen MR) is 78.3 cm³/mol. The minimum absolute atomic E-state index is 0.0416. The molecule has 2 fully saturated rings. The maximum atomic E-state index is 13.2. The third-order valence-electron chi connectivity index (χ3n) is 4.97. The average Bonchev–Trinajstić information content (AvgIpc) is 2.36. The molecular weight excluding hydrogens is 272 g/mol. The first-order chi connectivity index (χ1) is 9.69. The number of alkyl halides is 2. The first kappa shape index (κ1) is 14.9. The van der Waals surface area contributed by atoms with E-state index < -0.39 is 11.5 Å². The summed E-state index contributed by atoms with van der Waals surface area (Å²) in [4.78, 5) is 0. The minimum atomic E-state index is -2.45. The zero-order valence-electron chi connectivity index (χ0n) is 12.6. The van der Waals surface area contributed by atoms with Gasteiger partial charge in [-0.05, 0) is 49.8 Å². The van der Waals surface area contributed by atoms with Gasteiger partial charge in [-0.25, -0.2) is 8.78 Å². The molecule has 3 rings (SSSR count). The summed E-state index contributed by atoms with van der Waals surface area (Å²) in [5.74, 6) is -2.45. The number of aliphatic hydroxyl groups is 1. The topological polar surface area (TPSA) is 32.3 Å². The SMILES string of the molecule is CC(C)(O)c1ccc(C2CC3(CCN2)CC(F)(F)C3)cc1. The Morgan fingerprint density at radius 2 is 1.81 bits per heavy atom. The largest absolute Gasteiger partial charge is 0.386 e. The van der Waals surface area contributed by atoms with E-state index in [4.69, 9.17) is 0 Å². The Balaban J connectivity index is 1.72. The summed E-state index contributed by atoms with van der Waals surface area (Å²) in [5, 5.41) is 13.4. The highest BCUT2D eigenvalue weighted by molar-refractivity contribution is 5.29. The van der Waals surface area contributed by atoms with Crippen molar-refractivity contribution in [2.75, 3.05) is 6.54 Å². The molecule has 1 saturated heterocycles. The lowest BCUT2D eigenvalue weighted by Crippen LogP contribution is -2.52. The maximum absolute atomic E-state index is 13.2. The van der Waals surface area contributed by atoms with E-state index in [1.54, 1.807) is 13.8 Å². The zero-order chi connectivity index (χ0) is 15.3. The molecule has 2 nitrogen and oxygen atoms in total. The maximum Gasteiger partial charge on any atom is 0.249 e. The van der Waals surface area contributed by atoms with Gasteiger partial charge < -0.3 is 10.4 Å². The molecule has 0 bridgehead atoms. The van der Waals surface area contributed by atoms with Crippen LogP contribution in [0.25, 0.3) is 0 Å². The number of piperidine rings is 1. The lowest BCUT2D eigenvalue weighted by molar-refractivity contribution is -0.174. The highest BCUT2D eigenvalue weighted by Gasteiger charge is 2.57. The van der Waals surface area contributed by atoms with Gasteiger partial charge in [0.15, 0.2) is 0 Å². The van der Waals surface area contributed by atoms with Gasteiger partial charge in [0, 0.05) is 18.9 Å². The Kier molecular flexibility index (Phi) is 3.37. The summed E-state index contributed by atoms with van der Waals surface area (Å²) in [6.45, 7) is 4.31. The van der Waals surface area contributed by atoms with E-state index in [1.807, 2.05) is 24.3 Å². The molecule has 1 aromatic rings. The Bertz CT molecular complexity index is 511. The van der Waals surface area contributed by atoms with Crippen LogP contribution in [0, 0.1) is 5.41 Å². The molecule has 1 spiro atoms. The van der Waals surface area contributed by atoms with E-state index in [0.29, 0.717) is 0 Å². The summed E-state index contributed by atoms with van der Waals surface area (Å²) in [5.41, 5.74) is 0.966. The van der Waals surface area contributed by atoms with Crippen molar-refractivity contribution >= 4 is 0 Å². The summed E-state index contributed by atoms with van der Waals surface area (Å²) >= 11 is 0. The molecule has 0 radical (unpaired) electrons. The van der Waals surface area contributed by atoms with Crippen LogP contribution >= 0.6 is 0 Å². The normalized spacial score (nSPS) is 27.4. The van der Waals surface area contributed by atoms with Crippen molar-refractivity contribution in [3.63, 3.8) is 0 Å². The molecule has 1 saturated carbocycles. The van der Waals surface area contributed by atoms with Crippen LogP contribution in [-0.2, 0) is 5.60 Å². The molecule has 2 N–H and O–H groups in total. The molecule has 116 valence electrons. The fraction of sp³-hybridized carbons (Fsp3) is 0.647. The molecule has 1 aromatic carbocycles. The van der Waals surface area contributed by atoms with Gasteiger partial charge in [-0.1, -0.05) is 24.3 Å². The first-order valence-corrected chi connectivity index (χ1v) is 7.63. The zero-order valence-corrected chi connectivity index (χ0v) is 12.6. The van der Waals surface area contributed by atoms with Gasteiger partial charge >= 0.3 is 0 Å². The molecule has 0 aromatic heterocycles. The van der Waals surface area contributed by atoms with Crippen molar-refractivity contribution in [1.29, 1.82) is 0 Å². The smallest absolute Gasteiger partial charge is 0.249 e. The number of rotatable bonds is 2. The molecule has 4 heteroatoms. The van der Waals surface area contributed by atoms with Gasteiger partial charge in [0.25, 0.3) is 0 Å². The number of hydrogen-bond acceptors (Lipinski definition) is 2. The van der Waals surface area contributed by atoms with Crippen LogP contribution < -0.4 is 5.32 Å². The number of benzene rings is 1. The molecule has 1 atom stereocenters. The molecular formula is C17H23F2NO. The highest BCUT2D eigenvalue weighted by atomic mass is 19.3. The third-order valence-corrected chi connectivity index (χ3v) is 4.97. The van der Waals surface area contributed by atoms with Crippen LogP contribution in [0.15, 0.2) is 24.3 Å². The highest BCUT2D eigenvalue weighted by Crippen LogP contribution is 2.58. The molecule has 0 amide bonds. The monoisotopic (exact) mass is 295 g/mol. The van der Waals surface area contributed by atoms with E-state index in [2.05, 4.69) is 5.32 Å². The van der Waals surface area contributed by atoms with E-state index >= 15 is 0 Å². The summed E-state index contributed by atoms with van der Waals surface area (Å²) in [7, 11) is 0. The molecule has 1 heterocycles. The second kappa shape index (κ2) is 4.75. The van der Waals surface area contributed by atoms with E-state index in [9.17, 15) is 13.9 Å². The third kappa shape index (κ3) is 2.97. The van der Waals surface area contributed by atoms with Crippen LogP contribution in [0.3, 0.4) is 0 Å². The van der Waals surface area contributed by atoms with Gasteiger partial charge in [0.2, 0.25) is 5.92 Å². The number of nitrogens with one attached hydrogen (secondary N) is 1. The molecule has 21 heavy (non-hydrogen) atoms. The van der Waals surface area contributed by atoms with Crippen LogP contribution in [0.5, 0.6) is 0 Å². The van der Waals surface area contributed by atoms with Gasteiger partial charge in [-0.3, -0.25) is 0 Å². The lowest BCUT2D eigenvalue weighted by Gasteiger charge is -2.52. The van der Waals surface area contributed by atoms with Crippen molar-refractivity contribution in [1.82, 2.24) is 5.32 Å². The predicted octanol–water partition coefficient (Wildman–Crippen LogP) is 3.75. The molecule has 1 aliphatic heterocycles. The van der Waals surface area contributed by atoms with Crippen molar-refractivity contribution in [2.24, 2.45) is 5.41 Å². The van der Waals surface area contributed by atoms with Gasteiger partial charge in [0.1, 0.15) is 0 Å². The fourth-order valence-electron chi connectivity index (χ4n) is 3.84. The van der Waals surface area contributed by atoms with Crippen molar-refractivity contribution < 1.29 is 13.9 Å². The van der Waals surface area contributed by atoms with Gasteiger partial charge in [-0.15, -0.1) is 0 Å². The lowest BCUT2D eigenvalue weighted by atomic mass is 9.59. The molecule has 2 aliphatic rings. The van der Waals surface area contributed by atoms with E-state index in [1.165, 1.54) is 0 Å². The van der Waals surface area contributed by atoms with Gasteiger partial charge in [-0.2, -0.15) is 0 Å². The first-order valence-electron chi connectivity index (χ1n) is 7.63. The summed E-state index contributed by atoms with van der Waals surface area (Å²) in [6.07, 6.45) is 1.71. The van der Waals surface area contributed by atoms with Crippen molar-refractivity contribution in [2.45, 2.75) is 57.1 Å². The van der Waals surface area contributed by atoms with Crippen molar-refractivity contribution in [3.05, 3.63) is 35.4 Å². The Morgan fingerprint density at radius 1 is 1.19 bits per heavy atom. The summed E-state index contributed by atoms with van der Waals surface area (Å²) < 4.78 is 26.5. The number of hydrogen-bond donors (Lipinski definition) is 2. The van der Waals surface area contributed by atoms with Gasteiger partial charge in [0.05, 0.1) is 5.60 Å². The number of halogens is 2. The Morgan fingerprint density at radius 3 is 2.33 bits per heavy atom. The Labute approximate surface area is 124 Å². The fourth-order valence-corrected chi connectivity index (χ4v) is 3.84. The quantitative estimate of drug-likeness (QED) is 0.871. The second-order valence-corrected chi connectivity index (χ2v) is 7.35. The van der Waals surface area contributed by atoms with E-state index in [0.717, 1.165) is 30.5 Å². The van der Waals surface area contributed by atoms with Crippen molar-refractivity contribution in [3.8, 4) is 0 Å². The second-order valence-electron chi connectivity index (χ2n) is 7.35. The van der Waals surface area contributed by atoms with Crippen LogP contribution in [0.1, 0.15) is 56.7 Å². The summed E-state index contributed by atoms with van der Waals surface area (Å²) in [6, 6.07) is 7.99. The van der Waals surface area contributed by atoms with Crippen LogP contribution in [0.4, 0.5) is 8.78 Å². The van der Waals surface area contributed by atoms with E-state index in [-0.39, 0.29) is 24.3 Å². The minimum Gasteiger partial charge on any atom is -0.386 e. The standard InChI is InChI=1S/C17H23F2NO/c1-15(2,21)13-5-3-12(4-6-13)14-9-16(7-8-20-14)10-17(18,19)11-16/h3-6,14,20-21H,7-11H2,1-2H3. The van der Waals surface area contributed by atoms with Crippen LogP contribution in [-0.4, -0.2) is 17.6 Å². The molecule has 1 unspecified atom stereocenters.